The van der Waals surface area contributed by atoms with E-state index in [0.29, 0.717) is 24.5 Å². The monoisotopic (exact) mass is 418 g/mol. The van der Waals surface area contributed by atoms with Gasteiger partial charge in [-0.1, -0.05) is 42.5 Å². The molecule has 162 valence electrons. The number of aryl methyl sites for hydroxylation is 2. The quantitative estimate of drug-likeness (QED) is 0.638. The molecule has 6 nitrogen and oxygen atoms in total. The van der Waals surface area contributed by atoms with Crippen LogP contribution in [0.1, 0.15) is 22.4 Å². The Morgan fingerprint density at radius 3 is 2.48 bits per heavy atom. The minimum Gasteiger partial charge on any atom is -0.493 e. The van der Waals surface area contributed by atoms with Gasteiger partial charge in [0.25, 0.3) is 5.56 Å². The van der Waals surface area contributed by atoms with Crippen molar-refractivity contribution >= 4 is 5.95 Å². The summed E-state index contributed by atoms with van der Waals surface area (Å²) in [6.07, 6.45) is 0.535. The van der Waals surface area contributed by atoms with Gasteiger partial charge in [-0.2, -0.15) is 0 Å². The molecule has 1 aromatic heterocycles. The normalized spacial score (nSPS) is 14.6. The maximum Gasteiger partial charge on any atom is 0.255 e. The van der Waals surface area contributed by atoms with E-state index in [1.807, 2.05) is 44.2 Å². The standard InChI is InChI=1S/C25H30N4O2/c1-19-7-6-10-22(17-19)31-16-11-23-20(2)26-25(27-24(23)30)29-14-12-28(13-15-29)18-21-8-4-3-5-9-21/h3-10,17H,11-16,18H2,1-2H3,(H,26,27,30). The number of hydrogen-bond acceptors (Lipinski definition) is 5. The van der Waals surface area contributed by atoms with Crippen molar-refractivity contribution in [2.24, 2.45) is 0 Å². The average Bonchev–Trinajstić information content (AvgIpc) is 2.77. The van der Waals surface area contributed by atoms with Crippen molar-refractivity contribution in [3.8, 4) is 5.75 Å². The summed E-state index contributed by atoms with van der Waals surface area (Å²) >= 11 is 0. The van der Waals surface area contributed by atoms with E-state index < -0.39 is 0 Å². The maximum absolute atomic E-state index is 12.7. The molecule has 1 aliphatic rings. The van der Waals surface area contributed by atoms with Crippen LogP contribution in [-0.4, -0.2) is 47.7 Å². The summed E-state index contributed by atoms with van der Waals surface area (Å²) in [4.78, 5) is 25.0. The van der Waals surface area contributed by atoms with Crippen LogP contribution >= 0.6 is 0 Å². The van der Waals surface area contributed by atoms with E-state index in [1.54, 1.807) is 0 Å². The highest BCUT2D eigenvalue weighted by Gasteiger charge is 2.20. The van der Waals surface area contributed by atoms with Crippen molar-refractivity contribution in [3.05, 3.63) is 87.3 Å². The molecule has 31 heavy (non-hydrogen) atoms. The Morgan fingerprint density at radius 2 is 1.77 bits per heavy atom. The smallest absolute Gasteiger partial charge is 0.255 e. The maximum atomic E-state index is 12.7. The highest BCUT2D eigenvalue weighted by molar-refractivity contribution is 5.34. The predicted molar refractivity (Wildman–Crippen MR) is 124 cm³/mol. The number of rotatable bonds is 7. The lowest BCUT2D eigenvalue weighted by molar-refractivity contribution is 0.248. The molecule has 2 aromatic carbocycles. The number of nitrogens with zero attached hydrogens (tertiary/aromatic N) is 3. The predicted octanol–water partition coefficient (Wildman–Crippen LogP) is 3.33. The van der Waals surface area contributed by atoms with E-state index in [9.17, 15) is 4.79 Å². The third-order valence-corrected chi connectivity index (χ3v) is 5.74. The molecule has 2 heterocycles. The lowest BCUT2D eigenvalue weighted by Crippen LogP contribution is -2.47. The Kier molecular flexibility index (Phi) is 6.67. The van der Waals surface area contributed by atoms with Gasteiger partial charge in [0.2, 0.25) is 5.95 Å². The Morgan fingerprint density at radius 1 is 1.00 bits per heavy atom. The summed E-state index contributed by atoms with van der Waals surface area (Å²) in [6, 6.07) is 18.5. The fraction of sp³-hybridized carbons (Fsp3) is 0.360. The molecule has 4 rings (SSSR count). The molecular formula is C25H30N4O2. The molecule has 0 unspecified atom stereocenters. The van der Waals surface area contributed by atoms with Crippen LogP contribution in [0.4, 0.5) is 5.95 Å². The average molecular weight is 419 g/mol. The van der Waals surface area contributed by atoms with E-state index >= 15 is 0 Å². The molecule has 0 radical (unpaired) electrons. The third-order valence-electron chi connectivity index (χ3n) is 5.74. The van der Waals surface area contributed by atoms with Crippen molar-refractivity contribution in [1.29, 1.82) is 0 Å². The molecule has 1 fully saturated rings. The van der Waals surface area contributed by atoms with Gasteiger partial charge in [0.05, 0.1) is 12.3 Å². The van der Waals surface area contributed by atoms with Crippen LogP contribution < -0.4 is 15.2 Å². The van der Waals surface area contributed by atoms with Crippen LogP contribution in [-0.2, 0) is 13.0 Å². The highest BCUT2D eigenvalue weighted by atomic mass is 16.5. The Balaban J connectivity index is 1.33. The van der Waals surface area contributed by atoms with E-state index in [2.05, 4.69) is 39.0 Å². The number of aromatic amines is 1. The van der Waals surface area contributed by atoms with Crippen LogP contribution in [0.3, 0.4) is 0 Å². The van der Waals surface area contributed by atoms with Crippen molar-refractivity contribution in [3.63, 3.8) is 0 Å². The van der Waals surface area contributed by atoms with E-state index in [0.717, 1.165) is 49.7 Å². The third kappa shape index (κ3) is 5.52. The molecule has 1 aliphatic heterocycles. The van der Waals surface area contributed by atoms with E-state index in [-0.39, 0.29) is 5.56 Å². The molecular weight excluding hydrogens is 388 g/mol. The minimum absolute atomic E-state index is 0.0675. The van der Waals surface area contributed by atoms with Crippen LogP contribution in [0.15, 0.2) is 59.4 Å². The van der Waals surface area contributed by atoms with Gasteiger partial charge in [-0.05, 0) is 37.1 Å². The number of anilines is 1. The first-order valence-electron chi connectivity index (χ1n) is 10.9. The van der Waals surface area contributed by atoms with Gasteiger partial charge in [0.1, 0.15) is 5.75 Å². The molecule has 0 atom stereocenters. The van der Waals surface area contributed by atoms with Gasteiger partial charge in [-0.3, -0.25) is 14.7 Å². The lowest BCUT2D eigenvalue weighted by atomic mass is 10.2. The first-order chi connectivity index (χ1) is 15.1. The number of piperazine rings is 1. The molecule has 1 saturated heterocycles. The van der Waals surface area contributed by atoms with Crippen molar-refractivity contribution < 1.29 is 4.74 Å². The van der Waals surface area contributed by atoms with Gasteiger partial charge < -0.3 is 9.64 Å². The molecule has 1 N–H and O–H groups in total. The highest BCUT2D eigenvalue weighted by Crippen LogP contribution is 2.15. The minimum atomic E-state index is -0.0675. The molecule has 3 aromatic rings. The number of H-pyrrole nitrogens is 1. The number of benzene rings is 2. The summed E-state index contributed by atoms with van der Waals surface area (Å²) in [6.45, 7) is 8.95. The van der Waals surface area contributed by atoms with Gasteiger partial charge in [0.15, 0.2) is 0 Å². The molecule has 0 amide bonds. The summed E-state index contributed by atoms with van der Waals surface area (Å²) in [5.41, 5.74) is 3.89. The molecule has 6 heteroatoms. The molecule has 0 bridgehead atoms. The van der Waals surface area contributed by atoms with Crippen molar-refractivity contribution in [2.75, 3.05) is 37.7 Å². The van der Waals surface area contributed by atoms with Gasteiger partial charge in [-0.15, -0.1) is 0 Å². The van der Waals surface area contributed by atoms with Crippen molar-refractivity contribution in [1.82, 2.24) is 14.9 Å². The van der Waals surface area contributed by atoms with Gasteiger partial charge in [0, 0.05) is 44.7 Å². The van der Waals surface area contributed by atoms with Crippen LogP contribution in [0.2, 0.25) is 0 Å². The summed E-state index contributed by atoms with van der Waals surface area (Å²) in [5, 5.41) is 0. The number of nitrogens with one attached hydrogen (secondary N) is 1. The summed E-state index contributed by atoms with van der Waals surface area (Å²) in [7, 11) is 0. The van der Waals surface area contributed by atoms with Crippen molar-refractivity contribution in [2.45, 2.75) is 26.8 Å². The second kappa shape index (κ2) is 9.79. The first-order valence-corrected chi connectivity index (χ1v) is 10.9. The Bertz CT molecular complexity index is 1060. The summed E-state index contributed by atoms with van der Waals surface area (Å²) < 4.78 is 5.81. The zero-order valence-corrected chi connectivity index (χ0v) is 18.3. The fourth-order valence-electron chi connectivity index (χ4n) is 3.98. The Labute approximate surface area is 183 Å². The zero-order chi connectivity index (χ0) is 21.6. The first kappa shape index (κ1) is 21.1. The van der Waals surface area contributed by atoms with Crippen LogP contribution in [0, 0.1) is 13.8 Å². The van der Waals surface area contributed by atoms with Gasteiger partial charge in [-0.25, -0.2) is 4.98 Å². The number of ether oxygens (including phenoxy) is 1. The lowest BCUT2D eigenvalue weighted by Gasteiger charge is -2.35. The molecule has 0 spiro atoms. The SMILES string of the molecule is Cc1cccc(OCCc2c(C)nc(N3CCN(Cc4ccccc4)CC3)[nH]c2=O)c1. The fourth-order valence-corrected chi connectivity index (χ4v) is 3.98. The number of aromatic nitrogens is 2. The molecule has 0 saturated carbocycles. The largest absolute Gasteiger partial charge is 0.493 e. The Hall–Kier alpha value is -3.12. The van der Waals surface area contributed by atoms with Gasteiger partial charge >= 0.3 is 0 Å². The molecule has 0 aliphatic carbocycles. The second-order valence-corrected chi connectivity index (χ2v) is 8.12. The number of hydrogen-bond donors (Lipinski definition) is 1. The topological polar surface area (TPSA) is 61.5 Å². The second-order valence-electron chi connectivity index (χ2n) is 8.12. The zero-order valence-electron chi connectivity index (χ0n) is 18.3. The van der Waals surface area contributed by atoms with Crippen LogP contribution in [0.5, 0.6) is 5.75 Å². The summed E-state index contributed by atoms with van der Waals surface area (Å²) in [5.74, 6) is 1.50. The van der Waals surface area contributed by atoms with E-state index in [1.165, 1.54) is 5.56 Å². The van der Waals surface area contributed by atoms with Crippen LogP contribution in [0.25, 0.3) is 0 Å². The van der Waals surface area contributed by atoms with E-state index in [4.69, 9.17) is 9.72 Å².